The van der Waals surface area contributed by atoms with E-state index in [1.165, 1.54) is 41.3 Å². The van der Waals surface area contributed by atoms with Gasteiger partial charge in [-0.15, -0.1) is 13.2 Å². The predicted molar refractivity (Wildman–Crippen MR) is 138 cm³/mol. The standard InChI is InChI=1S/C28H30F3N3O5/c1-38-22-11-7-21(8-12-22)32-26(36)20-14-17-33(18-15-20)27(37)24-3-2-16-34(24)25(35)13-6-19-4-9-23(10-5-19)39-28(29,30)31/h4-13,20,24H,2-3,14-18H2,1H3,(H,32,36)/b13-6+/t24-/m0/s1. The van der Waals surface area contributed by atoms with Crippen molar-refractivity contribution in [1.82, 2.24) is 9.80 Å². The molecule has 4 rings (SSSR count). The van der Waals surface area contributed by atoms with Crippen molar-refractivity contribution < 1.29 is 37.0 Å². The largest absolute Gasteiger partial charge is 0.573 e. The molecule has 2 saturated heterocycles. The van der Waals surface area contributed by atoms with E-state index in [9.17, 15) is 27.6 Å². The van der Waals surface area contributed by atoms with Crippen LogP contribution < -0.4 is 14.8 Å². The highest BCUT2D eigenvalue weighted by molar-refractivity contribution is 5.96. The third-order valence-corrected chi connectivity index (χ3v) is 6.89. The van der Waals surface area contributed by atoms with Crippen LogP contribution in [0.3, 0.4) is 0 Å². The lowest BCUT2D eigenvalue weighted by atomic mass is 9.95. The van der Waals surface area contributed by atoms with Gasteiger partial charge in [0.2, 0.25) is 17.7 Å². The third kappa shape index (κ3) is 7.52. The Morgan fingerprint density at radius 3 is 2.18 bits per heavy atom. The molecule has 2 aromatic rings. The highest BCUT2D eigenvalue weighted by atomic mass is 19.4. The minimum Gasteiger partial charge on any atom is -0.497 e. The van der Waals surface area contributed by atoms with Crippen LogP contribution in [0.15, 0.2) is 54.6 Å². The van der Waals surface area contributed by atoms with Gasteiger partial charge in [-0.3, -0.25) is 14.4 Å². The van der Waals surface area contributed by atoms with Crippen LogP contribution in [-0.4, -0.2) is 66.7 Å². The summed E-state index contributed by atoms with van der Waals surface area (Å²) in [4.78, 5) is 42.1. The molecule has 2 heterocycles. The number of likely N-dealkylation sites (tertiary alicyclic amines) is 2. The highest BCUT2D eigenvalue weighted by Crippen LogP contribution is 2.26. The first kappa shape index (κ1) is 28.0. The Kier molecular flexibility index (Phi) is 8.78. The quantitative estimate of drug-likeness (QED) is 0.519. The van der Waals surface area contributed by atoms with Crippen molar-refractivity contribution in [3.05, 3.63) is 60.2 Å². The van der Waals surface area contributed by atoms with Gasteiger partial charge >= 0.3 is 6.36 Å². The molecular weight excluding hydrogens is 515 g/mol. The molecule has 2 aromatic carbocycles. The van der Waals surface area contributed by atoms with Crippen molar-refractivity contribution >= 4 is 29.5 Å². The zero-order valence-electron chi connectivity index (χ0n) is 21.4. The SMILES string of the molecule is COc1ccc(NC(=O)C2CCN(C(=O)[C@@H]3CCCN3C(=O)/C=C/c3ccc(OC(F)(F)F)cc3)CC2)cc1. The van der Waals surface area contributed by atoms with Crippen LogP contribution in [0, 0.1) is 5.92 Å². The first-order valence-corrected chi connectivity index (χ1v) is 12.7. The van der Waals surface area contributed by atoms with Crippen molar-refractivity contribution in [2.75, 3.05) is 32.1 Å². The van der Waals surface area contributed by atoms with Crippen LogP contribution in [-0.2, 0) is 14.4 Å². The Morgan fingerprint density at radius 1 is 0.923 bits per heavy atom. The number of hydrogen-bond acceptors (Lipinski definition) is 5. The molecule has 0 bridgehead atoms. The summed E-state index contributed by atoms with van der Waals surface area (Å²) < 4.78 is 45.9. The van der Waals surface area contributed by atoms with Crippen LogP contribution in [0.2, 0.25) is 0 Å². The van der Waals surface area contributed by atoms with Crippen molar-refractivity contribution in [2.45, 2.75) is 38.1 Å². The smallest absolute Gasteiger partial charge is 0.497 e. The summed E-state index contributed by atoms with van der Waals surface area (Å²) >= 11 is 0. The van der Waals surface area contributed by atoms with Gasteiger partial charge in [0, 0.05) is 37.3 Å². The first-order valence-electron chi connectivity index (χ1n) is 12.7. The van der Waals surface area contributed by atoms with Crippen molar-refractivity contribution in [3.63, 3.8) is 0 Å². The fraction of sp³-hybridized carbons (Fsp3) is 0.393. The number of rotatable bonds is 7. The van der Waals surface area contributed by atoms with Gasteiger partial charge < -0.3 is 24.6 Å². The monoisotopic (exact) mass is 545 g/mol. The van der Waals surface area contributed by atoms with E-state index in [-0.39, 0.29) is 29.4 Å². The summed E-state index contributed by atoms with van der Waals surface area (Å²) in [6.45, 7) is 1.30. The normalized spacial score (nSPS) is 18.3. The van der Waals surface area contributed by atoms with Gasteiger partial charge in [0.05, 0.1) is 7.11 Å². The Labute approximate surface area is 224 Å². The minimum atomic E-state index is -4.77. The summed E-state index contributed by atoms with van der Waals surface area (Å²) in [5, 5.41) is 2.91. The molecule has 1 atom stereocenters. The van der Waals surface area contributed by atoms with Gasteiger partial charge in [-0.1, -0.05) is 12.1 Å². The molecule has 0 aliphatic carbocycles. The molecule has 0 radical (unpaired) electrons. The van der Waals surface area contributed by atoms with E-state index >= 15 is 0 Å². The number of carbonyl (C=O) groups excluding carboxylic acids is 3. The molecule has 8 nitrogen and oxygen atoms in total. The van der Waals surface area contributed by atoms with Crippen LogP contribution in [0.4, 0.5) is 18.9 Å². The van der Waals surface area contributed by atoms with E-state index in [4.69, 9.17) is 4.74 Å². The van der Waals surface area contributed by atoms with Crippen LogP contribution in [0.1, 0.15) is 31.2 Å². The Morgan fingerprint density at radius 2 is 1.56 bits per heavy atom. The number of nitrogens with one attached hydrogen (secondary N) is 1. The molecule has 208 valence electrons. The third-order valence-electron chi connectivity index (χ3n) is 6.89. The summed E-state index contributed by atoms with van der Waals surface area (Å²) in [7, 11) is 1.57. The average molecular weight is 546 g/mol. The number of halogens is 3. The van der Waals surface area contributed by atoms with E-state index in [1.54, 1.807) is 36.3 Å². The average Bonchev–Trinajstić information content (AvgIpc) is 3.42. The van der Waals surface area contributed by atoms with Gasteiger partial charge in [0.25, 0.3) is 0 Å². The Hall–Kier alpha value is -4.02. The zero-order valence-corrected chi connectivity index (χ0v) is 21.4. The maximum Gasteiger partial charge on any atom is 0.573 e. The molecule has 2 fully saturated rings. The van der Waals surface area contributed by atoms with Crippen LogP contribution >= 0.6 is 0 Å². The van der Waals surface area contributed by atoms with E-state index < -0.39 is 12.4 Å². The maximum atomic E-state index is 13.3. The number of alkyl halides is 3. The molecule has 2 aliphatic heterocycles. The summed E-state index contributed by atoms with van der Waals surface area (Å²) in [6.07, 6.45) is 0.349. The minimum absolute atomic E-state index is 0.0897. The number of amides is 3. The van der Waals surface area contributed by atoms with Crippen molar-refractivity contribution in [3.8, 4) is 11.5 Å². The van der Waals surface area contributed by atoms with Gasteiger partial charge in [-0.25, -0.2) is 0 Å². The number of anilines is 1. The lowest BCUT2D eigenvalue weighted by Crippen LogP contribution is -2.50. The van der Waals surface area contributed by atoms with E-state index in [0.29, 0.717) is 62.3 Å². The predicted octanol–water partition coefficient (Wildman–Crippen LogP) is 4.48. The van der Waals surface area contributed by atoms with Crippen molar-refractivity contribution in [2.24, 2.45) is 5.92 Å². The maximum absolute atomic E-state index is 13.3. The van der Waals surface area contributed by atoms with Gasteiger partial charge in [0.15, 0.2) is 0 Å². The second-order valence-corrected chi connectivity index (χ2v) is 9.46. The molecule has 2 aliphatic rings. The molecular formula is C28H30F3N3O5. The van der Waals surface area contributed by atoms with Crippen LogP contribution in [0.25, 0.3) is 6.08 Å². The molecule has 0 saturated carbocycles. The topological polar surface area (TPSA) is 88.2 Å². The van der Waals surface area contributed by atoms with Crippen LogP contribution in [0.5, 0.6) is 11.5 Å². The van der Waals surface area contributed by atoms with E-state index in [1.807, 2.05) is 0 Å². The molecule has 0 spiro atoms. The summed E-state index contributed by atoms with van der Waals surface area (Å²) in [5.41, 5.74) is 1.20. The Bertz CT molecular complexity index is 1190. The molecule has 39 heavy (non-hydrogen) atoms. The number of nitrogens with zero attached hydrogens (tertiary/aromatic N) is 2. The van der Waals surface area contributed by atoms with E-state index in [2.05, 4.69) is 10.1 Å². The number of hydrogen-bond donors (Lipinski definition) is 1. The molecule has 0 aromatic heterocycles. The fourth-order valence-corrected chi connectivity index (χ4v) is 4.82. The number of piperidine rings is 1. The zero-order chi connectivity index (χ0) is 28.0. The second kappa shape index (κ2) is 12.2. The van der Waals surface area contributed by atoms with Gasteiger partial charge in [-0.2, -0.15) is 0 Å². The molecule has 1 N–H and O–H groups in total. The number of methoxy groups -OCH3 is 1. The number of benzene rings is 2. The summed E-state index contributed by atoms with van der Waals surface area (Å²) in [6, 6.07) is 11.7. The highest BCUT2D eigenvalue weighted by Gasteiger charge is 2.37. The van der Waals surface area contributed by atoms with Gasteiger partial charge in [-0.05, 0) is 73.7 Å². The molecule has 3 amide bonds. The van der Waals surface area contributed by atoms with Gasteiger partial charge in [0.1, 0.15) is 17.5 Å². The second-order valence-electron chi connectivity index (χ2n) is 9.46. The molecule has 0 unspecified atom stereocenters. The lowest BCUT2D eigenvalue weighted by Gasteiger charge is -2.35. The fourth-order valence-electron chi connectivity index (χ4n) is 4.82. The van der Waals surface area contributed by atoms with Crippen molar-refractivity contribution in [1.29, 1.82) is 0 Å². The molecule has 11 heteroatoms. The number of ether oxygens (including phenoxy) is 2. The summed E-state index contributed by atoms with van der Waals surface area (Å²) in [5.74, 6) is -0.421. The Balaban J connectivity index is 1.28. The first-order chi connectivity index (χ1) is 18.6. The van der Waals surface area contributed by atoms with E-state index in [0.717, 1.165) is 0 Å². The number of carbonyl (C=O) groups is 3. The lowest BCUT2D eigenvalue weighted by molar-refractivity contribution is -0.274.